The van der Waals surface area contributed by atoms with Crippen LogP contribution in [-0.2, 0) is 6.54 Å². The van der Waals surface area contributed by atoms with Crippen LogP contribution in [0.3, 0.4) is 0 Å². The first-order valence-electron chi connectivity index (χ1n) is 8.90. The standard InChI is InChI=1S/C18H28N4O2S/c1-20(2)7-3-6-19-18(25)22-10-8-21(9-11-22)13-15-4-5-16-17(12-15)24-14-23-16/h4-5,12H,3,6-11,13-14H2,1-2H3,(H,19,25). The Morgan fingerprint density at radius 1 is 1.16 bits per heavy atom. The second-order valence-electron chi connectivity index (χ2n) is 6.84. The first-order chi connectivity index (χ1) is 12.1. The summed E-state index contributed by atoms with van der Waals surface area (Å²) in [6.07, 6.45) is 1.11. The lowest BCUT2D eigenvalue weighted by atomic mass is 10.1. The highest BCUT2D eigenvalue weighted by atomic mass is 32.1. The minimum absolute atomic E-state index is 0.330. The molecule has 1 fully saturated rings. The lowest BCUT2D eigenvalue weighted by Crippen LogP contribution is -2.51. The molecule has 25 heavy (non-hydrogen) atoms. The largest absolute Gasteiger partial charge is 0.454 e. The molecule has 0 spiro atoms. The number of hydrogen-bond donors (Lipinski definition) is 1. The smallest absolute Gasteiger partial charge is 0.231 e. The van der Waals surface area contributed by atoms with Gasteiger partial charge >= 0.3 is 0 Å². The fourth-order valence-electron chi connectivity index (χ4n) is 3.11. The summed E-state index contributed by atoms with van der Waals surface area (Å²) in [5.41, 5.74) is 1.27. The van der Waals surface area contributed by atoms with Crippen molar-refractivity contribution in [3.63, 3.8) is 0 Å². The van der Waals surface area contributed by atoms with Crippen LogP contribution in [0.4, 0.5) is 0 Å². The normalized spacial score (nSPS) is 17.2. The van der Waals surface area contributed by atoms with E-state index >= 15 is 0 Å². The first kappa shape index (κ1) is 18.2. The maximum absolute atomic E-state index is 5.53. The quantitative estimate of drug-likeness (QED) is 0.604. The molecule has 0 unspecified atom stereocenters. The van der Waals surface area contributed by atoms with Gasteiger partial charge in [0.2, 0.25) is 6.79 Å². The zero-order valence-electron chi connectivity index (χ0n) is 15.2. The van der Waals surface area contributed by atoms with E-state index in [2.05, 4.69) is 46.2 Å². The van der Waals surface area contributed by atoms with Gasteiger partial charge < -0.3 is 24.6 Å². The van der Waals surface area contributed by atoms with Gasteiger partial charge in [0.05, 0.1) is 0 Å². The van der Waals surface area contributed by atoms with Gasteiger partial charge in [-0.2, -0.15) is 0 Å². The molecule has 1 aromatic rings. The van der Waals surface area contributed by atoms with E-state index in [0.717, 1.165) is 68.8 Å². The number of hydrogen-bond acceptors (Lipinski definition) is 5. The highest BCUT2D eigenvalue weighted by molar-refractivity contribution is 7.80. The number of rotatable bonds is 6. The number of piperazine rings is 1. The van der Waals surface area contributed by atoms with E-state index in [-0.39, 0.29) is 0 Å². The molecule has 3 rings (SSSR count). The van der Waals surface area contributed by atoms with E-state index in [1.165, 1.54) is 5.56 Å². The van der Waals surface area contributed by atoms with Gasteiger partial charge in [-0.05, 0) is 57.0 Å². The van der Waals surface area contributed by atoms with Crippen molar-refractivity contribution in [3.8, 4) is 11.5 Å². The molecule has 7 heteroatoms. The molecule has 1 saturated heterocycles. The van der Waals surface area contributed by atoms with Crippen molar-refractivity contribution in [2.75, 3.05) is 60.2 Å². The Bertz CT molecular complexity index is 588. The second kappa shape index (κ2) is 8.69. The fourth-order valence-corrected chi connectivity index (χ4v) is 3.39. The average molecular weight is 365 g/mol. The van der Waals surface area contributed by atoms with Crippen LogP contribution < -0.4 is 14.8 Å². The first-order valence-corrected chi connectivity index (χ1v) is 9.31. The lowest BCUT2D eigenvalue weighted by molar-refractivity contribution is 0.172. The Morgan fingerprint density at radius 3 is 2.68 bits per heavy atom. The molecule has 1 N–H and O–H groups in total. The minimum Gasteiger partial charge on any atom is -0.454 e. The molecule has 0 aromatic heterocycles. The SMILES string of the molecule is CN(C)CCCNC(=S)N1CCN(Cc2ccc3c(c2)OCO3)CC1. The molecule has 2 aliphatic rings. The maximum Gasteiger partial charge on any atom is 0.231 e. The van der Waals surface area contributed by atoms with Gasteiger partial charge in [-0.1, -0.05) is 6.07 Å². The van der Waals surface area contributed by atoms with Crippen LogP contribution in [-0.4, -0.2) is 80.0 Å². The van der Waals surface area contributed by atoms with Crippen LogP contribution in [0.15, 0.2) is 18.2 Å². The average Bonchev–Trinajstić information content (AvgIpc) is 3.07. The van der Waals surface area contributed by atoms with E-state index in [9.17, 15) is 0 Å². The van der Waals surface area contributed by atoms with Crippen LogP contribution in [0.1, 0.15) is 12.0 Å². The van der Waals surface area contributed by atoms with Gasteiger partial charge in [-0.3, -0.25) is 4.90 Å². The van der Waals surface area contributed by atoms with Crippen LogP contribution in [0.2, 0.25) is 0 Å². The Balaban J connectivity index is 1.39. The molecule has 0 amide bonds. The zero-order valence-corrected chi connectivity index (χ0v) is 16.0. The van der Waals surface area contributed by atoms with E-state index in [0.29, 0.717) is 6.79 Å². The molecular weight excluding hydrogens is 336 g/mol. The van der Waals surface area contributed by atoms with Crippen molar-refractivity contribution in [3.05, 3.63) is 23.8 Å². The Labute approximate surface area is 155 Å². The molecular formula is C18H28N4O2S. The number of fused-ring (bicyclic) bond motifs is 1. The highest BCUT2D eigenvalue weighted by Crippen LogP contribution is 2.32. The van der Waals surface area contributed by atoms with Crippen molar-refractivity contribution >= 4 is 17.3 Å². The van der Waals surface area contributed by atoms with Crippen molar-refractivity contribution < 1.29 is 9.47 Å². The molecule has 138 valence electrons. The van der Waals surface area contributed by atoms with E-state index in [1.807, 2.05) is 6.07 Å². The Kier molecular flexibility index (Phi) is 6.34. The summed E-state index contributed by atoms with van der Waals surface area (Å²) in [6, 6.07) is 6.21. The summed E-state index contributed by atoms with van der Waals surface area (Å²) in [7, 11) is 4.19. The van der Waals surface area contributed by atoms with Crippen LogP contribution in [0.5, 0.6) is 11.5 Å². The minimum atomic E-state index is 0.330. The Hall–Kier alpha value is -1.57. The predicted octanol–water partition coefficient (Wildman–Crippen LogP) is 1.36. The Morgan fingerprint density at radius 2 is 1.92 bits per heavy atom. The highest BCUT2D eigenvalue weighted by Gasteiger charge is 2.20. The lowest BCUT2D eigenvalue weighted by Gasteiger charge is -2.36. The van der Waals surface area contributed by atoms with E-state index in [1.54, 1.807) is 0 Å². The summed E-state index contributed by atoms with van der Waals surface area (Å²) in [6.45, 7) is 7.29. The van der Waals surface area contributed by atoms with Crippen molar-refractivity contribution in [1.29, 1.82) is 0 Å². The monoisotopic (exact) mass is 364 g/mol. The van der Waals surface area contributed by atoms with Crippen molar-refractivity contribution in [2.24, 2.45) is 0 Å². The second-order valence-corrected chi connectivity index (χ2v) is 7.23. The maximum atomic E-state index is 5.53. The molecule has 0 radical (unpaired) electrons. The van der Waals surface area contributed by atoms with Gasteiger partial charge in [0.25, 0.3) is 0 Å². The third-order valence-corrected chi connectivity index (χ3v) is 4.96. The van der Waals surface area contributed by atoms with Gasteiger partial charge in [-0.25, -0.2) is 0 Å². The molecule has 0 atom stereocenters. The fraction of sp³-hybridized carbons (Fsp3) is 0.611. The van der Waals surface area contributed by atoms with Gasteiger partial charge in [0, 0.05) is 39.3 Å². The van der Waals surface area contributed by atoms with Crippen LogP contribution >= 0.6 is 12.2 Å². The molecule has 0 aliphatic carbocycles. The van der Waals surface area contributed by atoms with Gasteiger partial charge in [0.15, 0.2) is 16.6 Å². The summed E-state index contributed by atoms with van der Waals surface area (Å²) >= 11 is 5.53. The summed E-state index contributed by atoms with van der Waals surface area (Å²) in [5, 5.41) is 4.27. The number of nitrogens with one attached hydrogen (secondary N) is 1. The number of thiocarbonyl (C=S) groups is 1. The number of nitrogens with zero attached hydrogens (tertiary/aromatic N) is 3. The third kappa shape index (κ3) is 5.20. The molecule has 2 aliphatic heterocycles. The molecule has 0 saturated carbocycles. The summed E-state index contributed by atoms with van der Waals surface area (Å²) in [4.78, 5) is 6.93. The van der Waals surface area contributed by atoms with E-state index < -0.39 is 0 Å². The molecule has 2 heterocycles. The zero-order chi connectivity index (χ0) is 17.6. The summed E-state index contributed by atoms with van der Waals surface area (Å²) < 4.78 is 10.8. The van der Waals surface area contributed by atoms with Gasteiger partial charge in [-0.15, -0.1) is 0 Å². The van der Waals surface area contributed by atoms with Crippen LogP contribution in [0, 0.1) is 0 Å². The van der Waals surface area contributed by atoms with Crippen molar-refractivity contribution in [1.82, 2.24) is 20.0 Å². The third-order valence-electron chi connectivity index (χ3n) is 4.56. The molecule has 6 nitrogen and oxygen atoms in total. The molecule has 0 bridgehead atoms. The van der Waals surface area contributed by atoms with E-state index in [4.69, 9.17) is 21.7 Å². The van der Waals surface area contributed by atoms with Crippen molar-refractivity contribution in [2.45, 2.75) is 13.0 Å². The van der Waals surface area contributed by atoms with Crippen LogP contribution in [0.25, 0.3) is 0 Å². The molecule has 1 aromatic carbocycles. The number of ether oxygens (including phenoxy) is 2. The number of benzene rings is 1. The predicted molar refractivity (Wildman–Crippen MR) is 103 cm³/mol. The van der Waals surface area contributed by atoms with Gasteiger partial charge in [0.1, 0.15) is 0 Å². The topological polar surface area (TPSA) is 40.2 Å². The summed E-state index contributed by atoms with van der Waals surface area (Å²) in [5.74, 6) is 1.71.